The number of rotatable bonds is 2. The predicted octanol–water partition coefficient (Wildman–Crippen LogP) is 2.75. The van der Waals surface area contributed by atoms with E-state index < -0.39 is 0 Å². The van der Waals surface area contributed by atoms with Gasteiger partial charge >= 0.3 is 0 Å². The fourth-order valence-electron chi connectivity index (χ4n) is 3.35. The second-order valence-electron chi connectivity index (χ2n) is 5.85. The lowest BCUT2D eigenvalue weighted by Gasteiger charge is -2.32. The minimum absolute atomic E-state index is 0.426. The van der Waals surface area contributed by atoms with Crippen LogP contribution < -0.4 is 4.90 Å². The lowest BCUT2D eigenvalue weighted by atomic mass is 9.97. The third kappa shape index (κ3) is 2.22. The summed E-state index contributed by atoms with van der Waals surface area (Å²) in [5.74, 6) is 2.42. The number of aromatic nitrogens is 4. The Kier molecular flexibility index (Phi) is 3.25. The Balaban J connectivity index is 1.65. The number of aryl methyl sites for hydroxylation is 1. The Morgan fingerprint density at radius 3 is 2.73 bits per heavy atom. The molecule has 3 aromatic rings. The number of benzene rings is 1. The van der Waals surface area contributed by atoms with E-state index >= 15 is 0 Å². The first-order valence-corrected chi connectivity index (χ1v) is 7.76. The fraction of sp³-hybridized carbons (Fsp3) is 0.353. The second-order valence-corrected chi connectivity index (χ2v) is 5.85. The minimum Gasteiger partial charge on any atom is -0.340 e. The van der Waals surface area contributed by atoms with Gasteiger partial charge in [0.1, 0.15) is 5.82 Å². The van der Waals surface area contributed by atoms with Crippen LogP contribution >= 0.6 is 0 Å². The van der Waals surface area contributed by atoms with E-state index in [1.54, 1.807) is 12.4 Å². The molecule has 0 bridgehead atoms. The Labute approximate surface area is 129 Å². The average Bonchev–Trinajstić information content (AvgIpc) is 2.93. The Morgan fingerprint density at radius 1 is 1.09 bits per heavy atom. The maximum atomic E-state index is 4.86. The number of nitrogens with zero attached hydrogens (tertiary/aromatic N) is 5. The average molecular weight is 293 g/mol. The summed E-state index contributed by atoms with van der Waals surface area (Å²) in [4.78, 5) is 15.9. The third-order valence-electron chi connectivity index (χ3n) is 4.44. The van der Waals surface area contributed by atoms with E-state index in [2.05, 4.69) is 44.7 Å². The van der Waals surface area contributed by atoms with Crippen molar-refractivity contribution in [3.8, 4) is 0 Å². The number of hydrogen-bond acceptors (Lipinski definition) is 4. The van der Waals surface area contributed by atoms with Crippen molar-refractivity contribution in [2.45, 2.75) is 18.8 Å². The molecular formula is C17H19N5. The zero-order valence-corrected chi connectivity index (χ0v) is 12.7. The Hall–Kier alpha value is -2.43. The van der Waals surface area contributed by atoms with E-state index in [9.17, 15) is 0 Å². The van der Waals surface area contributed by atoms with Gasteiger partial charge in [0.2, 0.25) is 5.95 Å². The summed E-state index contributed by atoms with van der Waals surface area (Å²) in [6.07, 6.45) is 5.93. The number of anilines is 1. The van der Waals surface area contributed by atoms with Gasteiger partial charge < -0.3 is 9.47 Å². The van der Waals surface area contributed by atoms with Gasteiger partial charge in [-0.15, -0.1) is 0 Å². The molecule has 1 aliphatic rings. The summed E-state index contributed by atoms with van der Waals surface area (Å²) in [5.41, 5.74) is 2.28. The van der Waals surface area contributed by atoms with Crippen LogP contribution in [0.4, 0.5) is 5.95 Å². The number of fused-ring (bicyclic) bond motifs is 1. The standard InChI is InChI=1S/C17H19N5/c1-21-15-8-3-2-7-14(15)20-16(21)13-6-4-11-22(12-13)17-18-9-5-10-19-17/h2-3,5,7-10,13H,4,6,11-12H2,1H3/t13-/m0/s1. The van der Waals surface area contributed by atoms with Gasteiger partial charge in [0, 0.05) is 38.4 Å². The van der Waals surface area contributed by atoms with Gasteiger partial charge in [0.25, 0.3) is 0 Å². The largest absolute Gasteiger partial charge is 0.340 e. The van der Waals surface area contributed by atoms with Crippen LogP contribution in [0.3, 0.4) is 0 Å². The molecule has 1 aromatic carbocycles. The van der Waals surface area contributed by atoms with E-state index in [4.69, 9.17) is 4.98 Å². The highest BCUT2D eigenvalue weighted by Crippen LogP contribution is 2.29. The normalized spacial score (nSPS) is 18.8. The van der Waals surface area contributed by atoms with E-state index in [0.29, 0.717) is 5.92 Å². The van der Waals surface area contributed by atoms with Crippen LogP contribution in [0.25, 0.3) is 11.0 Å². The molecule has 0 spiro atoms. The predicted molar refractivity (Wildman–Crippen MR) is 86.9 cm³/mol. The van der Waals surface area contributed by atoms with Crippen LogP contribution in [0.1, 0.15) is 24.6 Å². The molecule has 0 unspecified atom stereocenters. The number of imidazole rings is 1. The monoisotopic (exact) mass is 293 g/mol. The summed E-state index contributed by atoms with van der Waals surface area (Å²) < 4.78 is 2.23. The van der Waals surface area contributed by atoms with Crippen LogP contribution in [-0.2, 0) is 7.05 Å². The van der Waals surface area contributed by atoms with Crippen molar-refractivity contribution in [3.63, 3.8) is 0 Å². The molecule has 22 heavy (non-hydrogen) atoms. The smallest absolute Gasteiger partial charge is 0.225 e. The quantitative estimate of drug-likeness (QED) is 0.729. The molecule has 5 heteroatoms. The first-order valence-electron chi connectivity index (χ1n) is 7.76. The van der Waals surface area contributed by atoms with Crippen molar-refractivity contribution >= 4 is 17.0 Å². The zero-order valence-electron chi connectivity index (χ0n) is 12.7. The van der Waals surface area contributed by atoms with Crippen molar-refractivity contribution < 1.29 is 0 Å². The third-order valence-corrected chi connectivity index (χ3v) is 4.44. The molecule has 1 saturated heterocycles. The molecule has 0 saturated carbocycles. The summed E-state index contributed by atoms with van der Waals surface area (Å²) >= 11 is 0. The summed E-state index contributed by atoms with van der Waals surface area (Å²) in [7, 11) is 2.11. The molecule has 1 aliphatic heterocycles. The summed E-state index contributed by atoms with van der Waals surface area (Å²) in [5, 5.41) is 0. The van der Waals surface area contributed by atoms with Gasteiger partial charge in [0.15, 0.2) is 0 Å². The molecule has 0 aliphatic carbocycles. The molecule has 3 heterocycles. The van der Waals surface area contributed by atoms with Crippen LogP contribution in [0.2, 0.25) is 0 Å². The van der Waals surface area contributed by atoms with Gasteiger partial charge in [0.05, 0.1) is 11.0 Å². The molecule has 4 rings (SSSR count). The minimum atomic E-state index is 0.426. The summed E-state index contributed by atoms with van der Waals surface area (Å²) in [6.45, 7) is 1.95. The van der Waals surface area contributed by atoms with Crippen LogP contribution in [0, 0.1) is 0 Å². The Morgan fingerprint density at radius 2 is 1.91 bits per heavy atom. The number of piperidine rings is 1. The van der Waals surface area contributed by atoms with Gasteiger partial charge in [-0.3, -0.25) is 0 Å². The van der Waals surface area contributed by atoms with Crippen molar-refractivity contribution in [3.05, 3.63) is 48.5 Å². The highest BCUT2D eigenvalue weighted by atomic mass is 15.3. The molecule has 0 radical (unpaired) electrons. The van der Waals surface area contributed by atoms with Gasteiger partial charge in [-0.1, -0.05) is 12.1 Å². The molecule has 1 fully saturated rings. The van der Waals surface area contributed by atoms with Crippen molar-refractivity contribution in [2.75, 3.05) is 18.0 Å². The van der Waals surface area contributed by atoms with Crippen molar-refractivity contribution in [2.24, 2.45) is 7.05 Å². The van der Waals surface area contributed by atoms with E-state index in [1.807, 2.05) is 12.1 Å². The van der Waals surface area contributed by atoms with Gasteiger partial charge in [-0.2, -0.15) is 0 Å². The van der Waals surface area contributed by atoms with E-state index in [1.165, 1.54) is 17.8 Å². The van der Waals surface area contributed by atoms with E-state index in [-0.39, 0.29) is 0 Å². The molecule has 5 nitrogen and oxygen atoms in total. The van der Waals surface area contributed by atoms with Crippen LogP contribution in [0.15, 0.2) is 42.7 Å². The highest BCUT2D eigenvalue weighted by molar-refractivity contribution is 5.75. The Bertz CT molecular complexity index is 780. The molecule has 0 amide bonds. The number of para-hydroxylation sites is 2. The van der Waals surface area contributed by atoms with Crippen molar-refractivity contribution in [1.82, 2.24) is 19.5 Å². The van der Waals surface area contributed by atoms with E-state index in [0.717, 1.165) is 31.0 Å². The molecular weight excluding hydrogens is 274 g/mol. The zero-order chi connectivity index (χ0) is 14.9. The summed E-state index contributed by atoms with van der Waals surface area (Å²) in [6, 6.07) is 10.2. The van der Waals surface area contributed by atoms with Crippen LogP contribution in [0.5, 0.6) is 0 Å². The number of hydrogen-bond donors (Lipinski definition) is 0. The maximum absolute atomic E-state index is 4.86. The van der Waals surface area contributed by atoms with Gasteiger partial charge in [-0.05, 0) is 31.0 Å². The first-order chi connectivity index (χ1) is 10.8. The SMILES string of the molecule is Cn1c([C@H]2CCCN(c3ncccn3)C2)nc2ccccc21. The van der Waals surface area contributed by atoms with Crippen LogP contribution in [-0.4, -0.2) is 32.6 Å². The fourth-order valence-corrected chi connectivity index (χ4v) is 3.35. The molecule has 0 N–H and O–H groups in total. The first kappa shape index (κ1) is 13.2. The lowest BCUT2D eigenvalue weighted by Crippen LogP contribution is -2.36. The highest BCUT2D eigenvalue weighted by Gasteiger charge is 2.26. The lowest BCUT2D eigenvalue weighted by molar-refractivity contribution is 0.478. The maximum Gasteiger partial charge on any atom is 0.225 e. The topological polar surface area (TPSA) is 46.8 Å². The second kappa shape index (κ2) is 5.40. The van der Waals surface area contributed by atoms with Gasteiger partial charge in [-0.25, -0.2) is 15.0 Å². The van der Waals surface area contributed by atoms with Crippen molar-refractivity contribution in [1.29, 1.82) is 0 Å². The molecule has 112 valence electrons. The molecule has 1 atom stereocenters. The molecule has 2 aromatic heterocycles.